The Balaban J connectivity index is 1.87. The fourth-order valence-corrected chi connectivity index (χ4v) is 0.501. The zero-order valence-electron chi connectivity index (χ0n) is 5.55. The second-order valence-corrected chi connectivity index (χ2v) is 2.66. The highest BCUT2D eigenvalue weighted by atomic mass is 16.5. The van der Waals surface area contributed by atoms with Crippen LogP contribution in [0.15, 0.2) is 0 Å². The van der Waals surface area contributed by atoms with Crippen LogP contribution in [-0.2, 0) is 4.74 Å². The summed E-state index contributed by atoms with van der Waals surface area (Å²) in [6.45, 7) is 6.09. The van der Waals surface area contributed by atoms with E-state index in [4.69, 9.17) is 4.74 Å². The molecule has 0 unspecified atom stereocenters. The molecule has 47 valence electrons. The van der Waals surface area contributed by atoms with E-state index >= 15 is 0 Å². The Kier molecular flexibility index (Phi) is 1.90. The first-order chi connectivity index (χ1) is 3.79. The molecule has 0 aromatic heterocycles. The van der Waals surface area contributed by atoms with E-state index in [0.717, 1.165) is 5.92 Å². The van der Waals surface area contributed by atoms with Gasteiger partial charge in [-0.05, 0) is 32.6 Å². The molecule has 0 bridgehead atoms. The first-order valence-electron chi connectivity index (χ1n) is 3.28. The average molecular weight is 113 g/mol. The van der Waals surface area contributed by atoms with Crippen LogP contribution < -0.4 is 0 Å². The van der Waals surface area contributed by atoms with Crippen molar-refractivity contribution >= 4 is 0 Å². The van der Waals surface area contributed by atoms with Crippen LogP contribution in [0.1, 0.15) is 26.7 Å². The lowest BCUT2D eigenvalue weighted by Gasteiger charge is -2.03. The highest BCUT2D eigenvalue weighted by Gasteiger charge is 2.21. The number of hydrogen-bond donors (Lipinski definition) is 0. The lowest BCUT2D eigenvalue weighted by atomic mass is 10.4. The van der Waals surface area contributed by atoms with Crippen molar-refractivity contribution < 1.29 is 4.74 Å². The summed E-state index contributed by atoms with van der Waals surface area (Å²) in [6, 6.07) is 0. The normalized spacial score (nSPS) is 19.9. The Morgan fingerprint density at radius 1 is 1.50 bits per heavy atom. The zero-order valence-corrected chi connectivity index (χ0v) is 5.55. The second-order valence-electron chi connectivity index (χ2n) is 2.66. The molecular weight excluding hydrogens is 100 g/mol. The topological polar surface area (TPSA) is 9.23 Å². The summed E-state index contributed by atoms with van der Waals surface area (Å²) in [5.74, 6) is 0.789. The Morgan fingerprint density at radius 3 is 2.50 bits per heavy atom. The highest BCUT2D eigenvalue weighted by molar-refractivity contribution is 4.80. The van der Waals surface area contributed by atoms with Gasteiger partial charge in [0.1, 0.15) is 0 Å². The summed E-state index contributed by atoms with van der Waals surface area (Å²) in [7, 11) is 0. The Bertz CT molecular complexity index is 62.8. The largest absolute Gasteiger partial charge is 0.373 e. The average Bonchev–Trinajstić information content (AvgIpc) is 2.41. The molecule has 1 aliphatic carbocycles. The van der Waals surface area contributed by atoms with E-state index in [1.165, 1.54) is 12.8 Å². The maximum atomic E-state index is 5.24. The third-order valence-corrected chi connectivity index (χ3v) is 1.17. The second kappa shape index (κ2) is 2.49. The standard InChI is InChI=1S/C7H13O/c1-6(2)8-5-7-3-4-7/h5-7H,3-4H2,1-2H3. The van der Waals surface area contributed by atoms with Crippen LogP contribution in [0.5, 0.6) is 0 Å². The summed E-state index contributed by atoms with van der Waals surface area (Å²) in [6.07, 6.45) is 3.05. The van der Waals surface area contributed by atoms with Crippen LogP contribution >= 0.6 is 0 Å². The SMILES string of the molecule is CC(C)O[CH]C1CC1. The lowest BCUT2D eigenvalue weighted by Crippen LogP contribution is -1.99. The van der Waals surface area contributed by atoms with Gasteiger partial charge in [-0.3, -0.25) is 0 Å². The molecule has 1 radical (unpaired) electrons. The summed E-state index contributed by atoms with van der Waals surface area (Å²) in [5.41, 5.74) is 0. The van der Waals surface area contributed by atoms with Crippen molar-refractivity contribution in [1.29, 1.82) is 0 Å². The molecule has 0 spiro atoms. The third kappa shape index (κ3) is 2.31. The molecule has 0 heterocycles. The predicted octanol–water partition coefficient (Wildman–Crippen LogP) is 1.98. The van der Waals surface area contributed by atoms with Gasteiger partial charge in [0, 0.05) is 0 Å². The minimum absolute atomic E-state index is 0.371. The van der Waals surface area contributed by atoms with E-state index < -0.39 is 0 Å². The van der Waals surface area contributed by atoms with Crippen LogP contribution in [0.3, 0.4) is 0 Å². The van der Waals surface area contributed by atoms with E-state index in [0.29, 0.717) is 6.10 Å². The Labute approximate surface area is 51.0 Å². The first-order valence-corrected chi connectivity index (χ1v) is 3.28. The van der Waals surface area contributed by atoms with Gasteiger partial charge in [0.05, 0.1) is 12.7 Å². The van der Waals surface area contributed by atoms with Gasteiger partial charge in [-0.2, -0.15) is 0 Å². The van der Waals surface area contributed by atoms with Gasteiger partial charge < -0.3 is 4.74 Å². The van der Waals surface area contributed by atoms with E-state index in [1.807, 2.05) is 6.61 Å². The molecule has 0 aromatic rings. The van der Waals surface area contributed by atoms with Crippen molar-refractivity contribution in [1.82, 2.24) is 0 Å². The minimum atomic E-state index is 0.371. The molecule has 1 nitrogen and oxygen atoms in total. The van der Waals surface area contributed by atoms with Crippen molar-refractivity contribution in [2.45, 2.75) is 32.8 Å². The Hall–Kier alpha value is -0.0400. The van der Waals surface area contributed by atoms with Crippen molar-refractivity contribution in [2.75, 3.05) is 0 Å². The van der Waals surface area contributed by atoms with Crippen LogP contribution in [0, 0.1) is 12.5 Å². The number of ether oxygens (including phenoxy) is 1. The van der Waals surface area contributed by atoms with Crippen molar-refractivity contribution in [3.05, 3.63) is 6.61 Å². The minimum Gasteiger partial charge on any atom is -0.373 e. The molecule has 1 saturated carbocycles. The fraction of sp³-hybridized carbons (Fsp3) is 0.857. The molecule has 1 aliphatic rings. The van der Waals surface area contributed by atoms with Gasteiger partial charge in [-0.25, -0.2) is 0 Å². The third-order valence-electron chi connectivity index (χ3n) is 1.17. The maximum Gasteiger partial charge on any atom is 0.0871 e. The fourth-order valence-electron chi connectivity index (χ4n) is 0.501. The van der Waals surface area contributed by atoms with E-state index in [-0.39, 0.29) is 0 Å². The molecule has 1 heteroatoms. The quantitative estimate of drug-likeness (QED) is 0.543. The summed E-state index contributed by atoms with van der Waals surface area (Å²) in [4.78, 5) is 0. The molecule has 0 saturated heterocycles. The number of hydrogen-bond acceptors (Lipinski definition) is 1. The molecule has 8 heavy (non-hydrogen) atoms. The molecule has 0 atom stereocenters. The van der Waals surface area contributed by atoms with Gasteiger partial charge in [-0.15, -0.1) is 0 Å². The van der Waals surface area contributed by atoms with Crippen molar-refractivity contribution in [3.63, 3.8) is 0 Å². The molecule has 0 amide bonds. The molecule has 0 aliphatic heterocycles. The van der Waals surface area contributed by atoms with Crippen molar-refractivity contribution in [2.24, 2.45) is 5.92 Å². The van der Waals surface area contributed by atoms with Gasteiger partial charge in [-0.1, -0.05) is 0 Å². The molecule has 1 fully saturated rings. The summed E-state index contributed by atoms with van der Waals surface area (Å²) >= 11 is 0. The van der Waals surface area contributed by atoms with E-state index in [1.54, 1.807) is 0 Å². The zero-order chi connectivity index (χ0) is 5.98. The molecule has 1 rings (SSSR count). The maximum absolute atomic E-state index is 5.24. The van der Waals surface area contributed by atoms with Crippen LogP contribution in [0.25, 0.3) is 0 Å². The molecular formula is C7H13O. The smallest absolute Gasteiger partial charge is 0.0871 e. The predicted molar refractivity (Wildman–Crippen MR) is 33.2 cm³/mol. The van der Waals surface area contributed by atoms with Gasteiger partial charge >= 0.3 is 0 Å². The van der Waals surface area contributed by atoms with Gasteiger partial charge in [0.15, 0.2) is 0 Å². The molecule has 0 N–H and O–H groups in total. The summed E-state index contributed by atoms with van der Waals surface area (Å²) < 4.78 is 5.24. The van der Waals surface area contributed by atoms with Crippen LogP contribution in [-0.4, -0.2) is 6.10 Å². The van der Waals surface area contributed by atoms with Gasteiger partial charge in [0.25, 0.3) is 0 Å². The van der Waals surface area contributed by atoms with Gasteiger partial charge in [0.2, 0.25) is 0 Å². The van der Waals surface area contributed by atoms with E-state index in [2.05, 4.69) is 13.8 Å². The molecule has 0 aromatic carbocycles. The van der Waals surface area contributed by atoms with Crippen molar-refractivity contribution in [3.8, 4) is 0 Å². The number of rotatable bonds is 3. The Morgan fingerprint density at radius 2 is 2.12 bits per heavy atom. The van der Waals surface area contributed by atoms with Crippen LogP contribution in [0.4, 0.5) is 0 Å². The highest BCUT2D eigenvalue weighted by Crippen LogP contribution is 2.32. The monoisotopic (exact) mass is 113 g/mol. The summed E-state index contributed by atoms with van der Waals surface area (Å²) in [5, 5.41) is 0. The lowest BCUT2D eigenvalue weighted by molar-refractivity contribution is 0.125. The van der Waals surface area contributed by atoms with E-state index in [9.17, 15) is 0 Å². The van der Waals surface area contributed by atoms with Crippen LogP contribution in [0.2, 0.25) is 0 Å². The first kappa shape index (κ1) is 6.09.